The first-order chi connectivity index (χ1) is 24.1. The molecule has 3 aromatic carbocycles. The van der Waals surface area contributed by atoms with Gasteiger partial charge in [-0.3, -0.25) is 4.79 Å². The fourth-order valence-electron chi connectivity index (χ4n) is 4.87. The number of carbonyl (C=O) groups is 5. The molecule has 1 heterocycles. The van der Waals surface area contributed by atoms with Crippen LogP contribution in [0.1, 0.15) is 50.3 Å². The van der Waals surface area contributed by atoms with Gasteiger partial charge in [0.2, 0.25) is 12.2 Å². The van der Waals surface area contributed by atoms with E-state index in [1.54, 1.807) is 68.6 Å². The first kappa shape index (κ1) is 37.0. The summed E-state index contributed by atoms with van der Waals surface area (Å²) in [6.45, 7) is 4.54. The number of benzene rings is 3. The van der Waals surface area contributed by atoms with Gasteiger partial charge in [0, 0.05) is 36.9 Å². The Labute approximate surface area is 289 Å². The van der Waals surface area contributed by atoms with Gasteiger partial charge in [-0.05, 0) is 43.0 Å². The van der Waals surface area contributed by atoms with Gasteiger partial charge in [0.15, 0.2) is 0 Å². The van der Waals surface area contributed by atoms with E-state index in [2.05, 4.69) is 15.6 Å². The van der Waals surface area contributed by atoms with E-state index in [0.717, 1.165) is 27.6 Å². The molecule has 0 aliphatic rings. The highest BCUT2D eigenvalue weighted by atomic mass is 16.8. The maximum Gasteiger partial charge on any atom is 0.511 e. The Hall–Kier alpha value is -5.85. The minimum atomic E-state index is -1.31. The molecule has 1 unspecified atom stereocenters. The maximum absolute atomic E-state index is 13.3. The number of aromatic amines is 1. The van der Waals surface area contributed by atoms with Crippen LogP contribution in [0.15, 0.2) is 91.1 Å². The highest BCUT2D eigenvalue weighted by Crippen LogP contribution is 2.20. The Balaban J connectivity index is 1.43. The van der Waals surface area contributed by atoms with Gasteiger partial charge in [-0.1, -0.05) is 78.9 Å². The lowest BCUT2D eigenvalue weighted by Crippen LogP contribution is -2.46. The first-order valence-corrected chi connectivity index (χ1v) is 16.2. The minimum Gasteiger partial charge on any atom is -0.459 e. The summed E-state index contributed by atoms with van der Waals surface area (Å²) in [5, 5.41) is 6.00. The number of carbonyl (C=O) groups excluding carboxylic acids is 5. The van der Waals surface area contributed by atoms with Crippen molar-refractivity contribution in [3.8, 4) is 0 Å². The second-order valence-electron chi connectivity index (χ2n) is 11.6. The summed E-state index contributed by atoms with van der Waals surface area (Å²) in [6, 6.07) is 23.0. The third kappa shape index (κ3) is 12.0. The summed E-state index contributed by atoms with van der Waals surface area (Å²) >= 11 is 0. The second kappa shape index (κ2) is 18.6. The molecule has 0 saturated carbocycles. The van der Waals surface area contributed by atoms with Crippen molar-refractivity contribution in [1.82, 2.24) is 15.6 Å². The Kier molecular flexibility index (Phi) is 13.8. The quantitative estimate of drug-likeness (QED) is 0.0780. The average molecular weight is 688 g/mol. The number of aromatic nitrogens is 1. The van der Waals surface area contributed by atoms with Crippen LogP contribution in [-0.2, 0) is 57.7 Å². The zero-order valence-corrected chi connectivity index (χ0v) is 28.1. The average Bonchev–Trinajstić information content (AvgIpc) is 3.50. The number of esters is 2. The summed E-state index contributed by atoms with van der Waals surface area (Å²) in [5.74, 6) is -2.25. The SMILES string of the molecule is CC(C)OC(=O)OC(C)OC(=O)[C@@H](Cc1c[nH]c2ccccc12)NC(=O)CC[C@@H](NC(=O)OCc1ccccc1)C(=O)OCc1ccccc1. The lowest BCUT2D eigenvalue weighted by molar-refractivity contribution is -0.171. The van der Waals surface area contributed by atoms with Crippen molar-refractivity contribution in [3.05, 3.63) is 108 Å². The summed E-state index contributed by atoms with van der Waals surface area (Å²) < 4.78 is 26.0. The third-order valence-corrected chi connectivity index (χ3v) is 7.27. The standard InChI is InChI=1S/C37H41N3O10/c1-24(2)48-37(45)50-25(3)49-35(43)32(20-28-21-38-30-17-11-10-16-29(28)30)39-33(41)19-18-31(34(42)46-22-26-12-6-4-7-13-26)40-36(44)47-23-27-14-8-5-9-15-27/h4-17,21,24-25,31-32,38H,18-20,22-23H2,1-3H3,(H,39,41)(H,40,44)/t25?,31-,32-/m1/s1. The summed E-state index contributed by atoms with van der Waals surface area (Å²) in [4.78, 5) is 67.5. The fraction of sp³-hybridized carbons (Fsp3) is 0.324. The van der Waals surface area contributed by atoms with Crippen LogP contribution in [0, 0.1) is 0 Å². The van der Waals surface area contributed by atoms with Crippen molar-refractivity contribution in [2.24, 2.45) is 0 Å². The Morgan fingerprint density at radius 3 is 1.96 bits per heavy atom. The normalized spacial score (nSPS) is 12.6. The number of nitrogens with one attached hydrogen (secondary N) is 3. The van der Waals surface area contributed by atoms with E-state index in [4.69, 9.17) is 23.7 Å². The zero-order valence-electron chi connectivity index (χ0n) is 28.1. The number of ether oxygens (including phenoxy) is 5. The molecule has 13 heteroatoms. The van der Waals surface area contributed by atoms with E-state index in [0.29, 0.717) is 0 Å². The Morgan fingerprint density at radius 1 is 0.680 bits per heavy atom. The molecule has 1 aromatic heterocycles. The highest BCUT2D eigenvalue weighted by molar-refractivity contribution is 5.88. The molecule has 0 aliphatic carbocycles. The van der Waals surface area contributed by atoms with Crippen LogP contribution in [0.3, 0.4) is 0 Å². The number of rotatable bonds is 16. The predicted molar refractivity (Wildman–Crippen MR) is 181 cm³/mol. The molecule has 0 fully saturated rings. The van der Waals surface area contributed by atoms with E-state index in [9.17, 15) is 24.0 Å². The zero-order chi connectivity index (χ0) is 35.9. The summed E-state index contributed by atoms with van der Waals surface area (Å²) in [5.41, 5.74) is 3.03. The maximum atomic E-state index is 13.3. The van der Waals surface area contributed by atoms with Gasteiger partial charge < -0.3 is 39.3 Å². The number of para-hydroxylation sites is 1. The molecule has 4 aromatic rings. The number of hydrogen-bond donors (Lipinski definition) is 3. The summed E-state index contributed by atoms with van der Waals surface area (Å²) in [6.07, 6.45) is -2.35. The van der Waals surface area contributed by atoms with Gasteiger partial charge in [-0.15, -0.1) is 0 Å². The van der Waals surface area contributed by atoms with Gasteiger partial charge in [0.25, 0.3) is 0 Å². The molecule has 0 spiro atoms. The number of fused-ring (bicyclic) bond motifs is 1. The monoisotopic (exact) mass is 687 g/mol. The fourth-order valence-corrected chi connectivity index (χ4v) is 4.87. The van der Waals surface area contributed by atoms with Gasteiger partial charge >= 0.3 is 24.2 Å². The van der Waals surface area contributed by atoms with E-state index >= 15 is 0 Å². The third-order valence-electron chi connectivity index (χ3n) is 7.27. The predicted octanol–water partition coefficient (Wildman–Crippen LogP) is 5.46. The molecule has 0 radical (unpaired) electrons. The van der Waals surface area contributed by atoms with E-state index in [1.807, 2.05) is 36.4 Å². The van der Waals surface area contributed by atoms with Crippen molar-refractivity contribution >= 4 is 41.0 Å². The van der Waals surface area contributed by atoms with Crippen molar-refractivity contribution in [1.29, 1.82) is 0 Å². The van der Waals surface area contributed by atoms with Crippen LogP contribution >= 0.6 is 0 Å². The second-order valence-corrected chi connectivity index (χ2v) is 11.6. The highest BCUT2D eigenvalue weighted by Gasteiger charge is 2.29. The number of alkyl carbamates (subject to hydrolysis) is 1. The van der Waals surface area contributed by atoms with E-state index < -0.39 is 54.6 Å². The van der Waals surface area contributed by atoms with Gasteiger partial charge in [0.05, 0.1) is 6.10 Å². The van der Waals surface area contributed by atoms with Gasteiger partial charge in [-0.2, -0.15) is 0 Å². The molecule has 50 heavy (non-hydrogen) atoms. The van der Waals surface area contributed by atoms with Crippen molar-refractivity contribution in [2.45, 2.75) is 77.7 Å². The van der Waals surface area contributed by atoms with Crippen LogP contribution in [0.25, 0.3) is 10.9 Å². The molecular weight excluding hydrogens is 646 g/mol. The minimum absolute atomic E-state index is 0.0321. The lowest BCUT2D eigenvalue weighted by atomic mass is 10.0. The largest absolute Gasteiger partial charge is 0.511 e. The molecule has 4 rings (SSSR count). The smallest absolute Gasteiger partial charge is 0.459 e. The molecule has 0 saturated heterocycles. The molecule has 0 aliphatic heterocycles. The molecule has 2 amide bonds. The number of H-pyrrole nitrogens is 1. The molecule has 0 bridgehead atoms. The van der Waals surface area contributed by atoms with Crippen LogP contribution in [0.5, 0.6) is 0 Å². The lowest BCUT2D eigenvalue weighted by Gasteiger charge is -2.21. The van der Waals surface area contributed by atoms with Crippen LogP contribution in [0.4, 0.5) is 9.59 Å². The molecule has 13 nitrogen and oxygen atoms in total. The van der Waals surface area contributed by atoms with Crippen LogP contribution in [-0.4, -0.2) is 59.6 Å². The number of hydrogen-bond acceptors (Lipinski definition) is 10. The Morgan fingerprint density at radius 2 is 1.30 bits per heavy atom. The molecular formula is C37H41N3O10. The van der Waals surface area contributed by atoms with Crippen LogP contribution in [0.2, 0.25) is 0 Å². The van der Waals surface area contributed by atoms with E-state index in [-0.39, 0.29) is 32.5 Å². The van der Waals surface area contributed by atoms with Gasteiger partial charge in [-0.25, -0.2) is 19.2 Å². The molecule has 3 atom stereocenters. The van der Waals surface area contributed by atoms with E-state index in [1.165, 1.54) is 6.92 Å². The van der Waals surface area contributed by atoms with Crippen LogP contribution < -0.4 is 10.6 Å². The van der Waals surface area contributed by atoms with Crippen molar-refractivity contribution in [3.63, 3.8) is 0 Å². The summed E-state index contributed by atoms with van der Waals surface area (Å²) in [7, 11) is 0. The molecule has 264 valence electrons. The van der Waals surface area contributed by atoms with Crippen molar-refractivity contribution in [2.75, 3.05) is 0 Å². The van der Waals surface area contributed by atoms with Crippen molar-refractivity contribution < 1.29 is 47.7 Å². The Bertz CT molecular complexity index is 1730. The topological polar surface area (TPSA) is 171 Å². The number of amides is 2. The first-order valence-electron chi connectivity index (χ1n) is 16.2. The molecule has 3 N–H and O–H groups in total. The van der Waals surface area contributed by atoms with Gasteiger partial charge in [0.1, 0.15) is 25.3 Å².